The number of benzene rings is 2. The first kappa shape index (κ1) is 17.1. The number of esters is 1. The summed E-state index contributed by atoms with van der Waals surface area (Å²) in [6, 6.07) is 11.0. The fraction of sp³-hybridized carbons (Fsp3) is 0.111. The van der Waals surface area contributed by atoms with Gasteiger partial charge in [-0.15, -0.1) is 0 Å². The van der Waals surface area contributed by atoms with Gasteiger partial charge in [-0.3, -0.25) is 5.41 Å². The molecule has 0 atom stereocenters. The van der Waals surface area contributed by atoms with E-state index in [-0.39, 0.29) is 11.6 Å². The van der Waals surface area contributed by atoms with Crippen molar-refractivity contribution < 1.29 is 19.4 Å². The van der Waals surface area contributed by atoms with E-state index < -0.39 is 5.97 Å². The monoisotopic (exact) mass is 326 g/mol. The van der Waals surface area contributed by atoms with Crippen molar-refractivity contribution in [3.05, 3.63) is 59.2 Å². The lowest BCUT2D eigenvalue weighted by Gasteiger charge is -2.07. The molecule has 0 aliphatic heterocycles. The average molecular weight is 326 g/mol. The number of carbonyl (C=O) groups excluding carboxylic acids is 1. The van der Waals surface area contributed by atoms with Crippen molar-refractivity contribution in [3.63, 3.8) is 0 Å². The lowest BCUT2D eigenvalue weighted by molar-refractivity contribution is -0.130. The van der Waals surface area contributed by atoms with Crippen LogP contribution in [0.5, 0.6) is 17.2 Å². The first-order valence-corrected chi connectivity index (χ1v) is 7.12. The highest BCUT2D eigenvalue weighted by Gasteiger charge is 2.10. The van der Waals surface area contributed by atoms with E-state index in [0.717, 1.165) is 0 Å². The van der Waals surface area contributed by atoms with Gasteiger partial charge >= 0.3 is 5.97 Å². The van der Waals surface area contributed by atoms with Crippen molar-refractivity contribution in [3.8, 4) is 17.2 Å². The number of rotatable bonds is 5. The Morgan fingerprint density at radius 3 is 2.38 bits per heavy atom. The van der Waals surface area contributed by atoms with Crippen LogP contribution in [0.4, 0.5) is 0 Å². The molecule has 0 amide bonds. The zero-order valence-electron chi connectivity index (χ0n) is 13.4. The second-order valence-corrected chi connectivity index (χ2v) is 5.08. The maximum absolute atomic E-state index is 12.1. The Kier molecular flexibility index (Phi) is 5.21. The van der Waals surface area contributed by atoms with Crippen LogP contribution in [0.2, 0.25) is 0 Å². The second-order valence-electron chi connectivity index (χ2n) is 5.08. The fourth-order valence-corrected chi connectivity index (χ4v) is 1.96. The number of phenolic OH excluding ortho intramolecular Hbond substituents is 1. The van der Waals surface area contributed by atoms with Gasteiger partial charge < -0.3 is 20.3 Å². The summed E-state index contributed by atoms with van der Waals surface area (Å²) < 4.78 is 10.3. The molecule has 2 rings (SSSR count). The Morgan fingerprint density at radius 1 is 1.17 bits per heavy atom. The van der Waals surface area contributed by atoms with Crippen molar-refractivity contribution >= 4 is 17.9 Å². The summed E-state index contributed by atoms with van der Waals surface area (Å²) in [6.45, 7) is 1.59. The van der Waals surface area contributed by atoms with Crippen LogP contribution < -0.4 is 15.2 Å². The van der Waals surface area contributed by atoms with Gasteiger partial charge in [0.2, 0.25) is 0 Å². The molecule has 0 heterocycles. The van der Waals surface area contributed by atoms with Crippen LogP contribution in [0.3, 0.4) is 0 Å². The van der Waals surface area contributed by atoms with Gasteiger partial charge in [0, 0.05) is 16.7 Å². The molecule has 0 aliphatic carbocycles. The average Bonchev–Trinajstić information content (AvgIpc) is 2.57. The summed E-state index contributed by atoms with van der Waals surface area (Å²) >= 11 is 0. The Labute approximate surface area is 139 Å². The van der Waals surface area contributed by atoms with E-state index in [0.29, 0.717) is 28.2 Å². The molecular formula is C18H18N2O4. The normalized spacial score (nSPS) is 11.0. The quantitative estimate of drug-likeness (QED) is 0.257. The Hall–Kier alpha value is -3.28. The minimum atomic E-state index is -0.548. The predicted octanol–water partition coefficient (Wildman–Crippen LogP) is 2.69. The molecular weight excluding hydrogens is 308 g/mol. The third-order valence-corrected chi connectivity index (χ3v) is 3.30. The molecule has 0 saturated carbocycles. The second kappa shape index (κ2) is 7.32. The summed E-state index contributed by atoms with van der Waals surface area (Å²) in [5.41, 5.74) is 6.68. The van der Waals surface area contributed by atoms with E-state index in [2.05, 4.69) is 0 Å². The van der Waals surface area contributed by atoms with Crippen LogP contribution in [-0.4, -0.2) is 24.0 Å². The van der Waals surface area contributed by atoms with Gasteiger partial charge in [-0.05, 0) is 55.5 Å². The maximum Gasteiger partial charge on any atom is 0.339 e. The van der Waals surface area contributed by atoms with Gasteiger partial charge in [-0.2, -0.15) is 0 Å². The number of nitrogens with one attached hydrogen (secondary N) is 1. The Bertz CT molecular complexity index is 795. The van der Waals surface area contributed by atoms with Gasteiger partial charge in [0.1, 0.15) is 23.1 Å². The highest BCUT2D eigenvalue weighted by atomic mass is 16.5. The van der Waals surface area contributed by atoms with Crippen molar-refractivity contribution in [2.24, 2.45) is 5.73 Å². The molecule has 0 bridgehead atoms. The van der Waals surface area contributed by atoms with Crippen LogP contribution in [-0.2, 0) is 4.79 Å². The van der Waals surface area contributed by atoms with Gasteiger partial charge in [-0.1, -0.05) is 0 Å². The largest absolute Gasteiger partial charge is 0.507 e. The SMILES string of the molecule is COc1ccc(O)c(C=C(C)C(=O)Oc2ccc(C(=N)N)cc2)c1. The van der Waals surface area contributed by atoms with E-state index in [1.807, 2.05) is 0 Å². The topological polar surface area (TPSA) is 106 Å². The first-order valence-electron chi connectivity index (χ1n) is 7.12. The van der Waals surface area contributed by atoms with Crippen LogP contribution in [0, 0.1) is 5.41 Å². The molecule has 24 heavy (non-hydrogen) atoms. The minimum Gasteiger partial charge on any atom is -0.507 e. The smallest absolute Gasteiger partial charge is 0.339 e. The third-order valence-electron chi connectivity index (χ3n) is 3.30. The van der Waals surface area contributed by atoms with E-state index in [1.165, 1.54) is 19.3 Å². The summed E-state index contributed by atoms with van der Waals surface area (Å²) in [6.07, 6.45) is 1.52. The Balaban J connectivity index is 2.15. The molecule has 0 unspecified atom stereocenters. The molecule has 0 aromatic heterocycles. The van der Waals surface area contributed by atoms with Crippen molar-refractivity contribution in [2.45, 2.75) is 6.92 Å². The molecule has 124 valence electrons. The number of carbonyl (C=O) groups is 1. The number of hydrogen-bond donors (Lipinski definition) is 3. The van der Waals surface area contributed by atoms with E-state index in [9.17, 15) is 9.90 Å². The van der Waals surface area contributed by atoms with E-state index in [4.69, 9.17) is 20.6 Å². The first-order chi connectivity index (χ1) is 11.4. The van der Waals surface area contributed by atoms with Gasteiger partial charge in [0.15, 0.2) is 0 Å². The van der Waals surface area contributed by atoms with Gasteiger partial charge in [-0.25, -0.2) is 4.79 Å². The van der Waals surface area contributed by atoms with E-state index in [1.54, 1.807) is 43.3 Å². The lowest BCUT2D eigenvalue weighted by Crippen LogP contribution is -2.12. The maximum atomic E-state index is 12.1. The van der Waals surface area contributed by atoms with Crippen LogP contribution >= 0.6 is 0 Å². The van der Waals surface area contributed by atoms with Crippen LogP contribution in [0.15, 0.2) is 48.0 Å². The highest BCUT2D eigenvalue weighted by Crippen LogP contribution is 2.25. The van der Waals surface area contributed by atoms with Crippen molar-refractivity contribution in [1.29, 1.82) is 5.41 Å². The molecule has 2 aromatic carbocycles. The number of amidine groups is 1. The molecule has 2 aromatic rings. The number of ether oxygens (including phenoxy) is 2. The Morgan fingerprint density at radius 2 is 1.79 bits per heavy atom. The number of hydrogen-bond acceptors (Lipinski definition) is 5. The van der Waals surface area contributed by atoms with E-state index >= 15 is 0 Å². The number of nitrogens with two attached hydrogens (primary N) is 1. The predicted molar refractivity (Wildman–Crippen MR) is 91.4 cm³/mol. The molecule has 4 N–H and O–H groups in total. The number of phenols is 1. The molecule has 6 heteroatoms. The van der Waals surface area contributed by atoms with Gasteiger partial charge in [0.25, 0.3) is 0 Å². The highest BCUT2D eigenvalue weighted by molar-refractivity contribution is 5.96. The lowest BCUT2D eigenvalue weighted by atomic mass is 10.1. The van der Waals surface area contributed by atoms with Crippen LogP contribution in [0.1, 0.15) is 18.1 Å². The molecule has 0 aliphatic rings. The van der Waals surface area contributed by atoms with Crippen LogP contribution in [0.25, 0.3) is 6.08 Å². The molecule has 0 saturated heterocycles. The number of nitrogen functional groups attached to an aromatic ring is 1. The standard InChI is InChI=1S/C18H18N2O4/c1-11(9-13-10-15(23-2)7-8-16(13)21)18(22)24-14-5-3-12(4-6-14)17(19)20/h3-10,21H,1-2H3,(H3,19,20). The number of aromatic hydroxyl groups is 1. The molecule has 0 fully saturated rings. The summed E-state index contributed by atoms with van der Waals surface area (Å²) in [7, 11) is 1.52. The zero-order valence-corrected chi connectivity index (χ0v) is 13.4. The molecule has 6 nitrogen and oxygen atoms in total. The third kappa shape index (κ3) is 4.13. The summed E-state index contributed by atoms with van der Waals surface area (Å²) in [5.74, 6) is 0.340. The fourth-order valence-electron chi connectivity index (χ4n) is 1.96. The minimum absolute atomic E-state index is 0.0359. The summed E-state index contributed by atoms with van der Waals surface area (Å²) in [4.78, 5) is 12.1. The molecule has 0 spiro atoms. The van der Waals surface area contributed by atoms with Crippen molar-refractivity contribution in [2.75, 3.05) is 7.11 Å². The molecule has 0 radical (unpaired) electrons. The number of methoxy groups -OCH3 is 1. The zero-order chi connectivity index (χ0) is 17.7. The van der Waals surface area contributed by atoms with Gasteiger partial charge in [0.05, 0.1) is 7.11 Å². The summed E-state index contributed by atoms with van der Waals surface area (Å²) in [5, 5.41) is 17.2. The van der Waals surface area contributed by atoms with Crippen molar-refractivity contribution in [1.82, 2.24) is 0 Å².